The Bertz CT molecular complexity index is 1850. The van der Waals surface area contributed by atoms with Crippen LogP contribution in [0.4, 0.5) is 0 Å². The van der Waals surface area contributed by atoms with E-state index >= 15 is 0 Å². The maximum atomic E-state index is 2.42. The first-order valence-electron chi connectivity index (χ1n) is 11.9. The minimum absolute atomic E-state index is 1.24. The monoisotopic (exact) mass is 468 g/mol. The van der Waals surface area contributed by atoms with Gasteiger partial charge in [0.05, 0.1) is 5.52 Å². The molecule has 0 aliphatic carbocycles. The van der Waals surface area contributed by atoms with Crippen LogP contribution in [-0.4, -0.2) is 9.13 Å². The number of rotatable bonds is 3. The molecule has 3 heteroatoms. The van der Waals surface area contributed by atoms with Crippen LogP contribution in [0.3, 0.4) is 0 Å². The number of fused-ring (bicyclic) bond motifs is 4. The molecule has 0 N–H and O–H groups in total. The summed E-state index contributed by atoms with van der Waals surface area (Å²) in [5.74, 6) is 0. The molecule has 7 aromatic rings. The predicted molar refractivity (Wildman–Crippen MR) is 151 cm³/mol. The van der Waals surface area contributed by atoms with E-state index in [-0.39, 0.29) is 0 Å². The maximum absolute atomic E-state index is 2.42. The zero-order valence-electron chi connectivity index (χ0n) is 19.7. The van der Waals surface area contributed by atoms with Crippen LogP contribution >= 0.6 is 11.3 Å². The van der Waals surface area contributed by atoms with Crippen LogP contribution in [0.5, 0.6) is 0 Å². The molecule has 4 aromatic carbocycles. The highest BCUT2D eigenvalue weighted by Gasteiger charge is 2.24. The fourth-order valence-electron chi connectivity index (χ4n) is 5.68. The lowest BCUT2D eigenvalue weighted by atomic mass is 9.88. The van der Waals surface area contributed by atoms with Gasteiger partial charge in [-0.25, -0.2) is 0 Å². The Morgan fingerprint density at radius 3 is 2.11 bits per heavy atom. The lowest BCUT2D eigenvalue weighted by molar-refractivity contribution is 0.970. The Morgan fingerprint density at radius 2 is 1.34 bits per heavy atom. The highest BCUT2D eigenvalue weighted by Crippen LogP contribution is 2.48. The van der Waals surface area contributed by atoms with E-state index in [0.29, 0.717) is 0 Å². The molecule has 0 aliphatic heterocycles. The summed E-state index contributed by atoms with van der Waals surface area (Å²) in [6.07, 6.45) is 2.30. The zero-order chi connectivity index (χ0) is 23.5. The topological polar surface area (TPSA) is 9.86 Å². The number of benzene rings is 4. The van der Waals surface area contributed by atoms with Crippen LogP contribution in [-0.2, 0) is 14.1 Å². The highest BCUT2D eigenvalue weighted by atomic mass is 32.1. The van der Waals surface area contributed by atoms with Gasteiger partial charge in [-0.2, -0.15) is 11.3 Å². The van der Waals surface area contributed by atoms with Crippen molar-refractivity contribution in [1.29, 1.82) is 0 Å². The van der Waals surface area contributed by atoms with Gasteiger partial charge in [-0.15, -0.1) is 0 Å². The summed E-state index contributed by atoms with van der Waals surface area (Å²) in [5, 5.41) is 8.34. The molecule has 3 aromatic heterocycles. The second-order valence-electron chi connectivity index (χ2n) is 9.20. The molecule has 0 saturated carbocycles. The molecule has 0 amide bonds. The lowest BCUT2D eigenvalue weighted by Crippen LogP contribution is -1.94. The smallest absolute Gasteiger partial charge is 0.0581 e. The van der Waals surface area contributed by atoms with Crippen molar-refractivity contribution in [2.24, 2.45) is 14.1 Å². The van der Waals surface area contributed by atoms with Crippen molar-refractivity contribution in [3.05, 3.63) is 108 Å². The van der Waals surface area contributed by atoms with Crippen molar-refractivity contribution in [3.8, 4) is 33.4 Å². The molecular weight excluding hydrogens is 444 g/mol. The van der Waals surface area contributed by atoms with E-state index < -0.39 is 0 Å². The minimum Gasteiger partial charge on any atom is -0.350 e. The van der Waals surface area contributed by atoms with Crippen molar-refractivity contribution in [2.75, 3.05) is 0 Å². The van der Waals surface area contributed by atoms with Crippen LogP contribution in [0, 0.1) is 0 Å². The molecule has 2 nitrogen and oxygen atoms in total. The minimum atomic E-state index is 1.24. The fourth-order valence-corrected chi connectivity index (χ4v) is 6.34. The number of para-hydroxylation sites is 2. The molecule has 0 unspecified atom stereocenters. The fraction of sp³-hybridized carbons (Fsp3) is 0.0625. The van der Waals surface area contributed by atoms with E-state index in [4.69, 9.17) is 0 Å². The molecule has 7 rings (SSSR count). The second-order valence-corrected chi connectivity index (χ2v) is 9.98. The summed E-state index contributed by atoms with van der Waals surface area (Å²) in [5.41, 5.74) is 11.4. The quantitative estimate of drug-likeness (QED) is 0.245. The summed E-state index contributed by atoms with van der Waals surface area (Å²) in [7, 11) is 4.36. The third kappa shape index (κ3) is 2.95. The van der Waals surface area contributed by atoms with Crippen LogP contribution in [0.1, 0.15) is 0 Å². The third-order valence-corrected chi connectivity index (χ3v) is 7.94. The summed E-state index contributed by atoms with van der Waals surface area (Å²) < 4.78 is 4.64. The molecule has 0 bridgehead atoms. The first kappa shape index (κ1) is 20.3. The standard InChI is InChI=1S/C32H24N2S/c1-33-19-27(23-12-6-8-14-28(23)33)31-25(21-10-4-3-5-11-21)18-26(22-16-17-35-20-22)30-24-13-7-9-15-29(24)34(2)32(30)31/h3-20H,1-2H3. The van der Waals surface area contributed by atoms with Crippen molar-refractivity contribution >= 4 is 44.0 Å². The number of thiophene rings is 1. The summed E-state index contributed by atoms with van der Waals surface area (Å²) in [6.45, 7) is 0. The number of aryl methyl sites for hydroxylation is 2. The van der Waals surface area contributed by atoms with Crippen molar-refractivity contribution in [1.82, 2.24) is 9.13 Å². The number of aromatic nitrogens is 2. The largest absolute Gasteiger partial charge is 0.350 e. The first-order chi connectivity index (χ1) is 17.2. The molecule has 3 heterocycles. The average Bonchev–Trinajstić information content (AvgIpc) is 3.63. The molecule has 0 aliphatic rings. The maximum Gasteiger partial charge on any atom is 0.0581 e. The van der Waals surface area contributed by atoms with Crippen LogP contribution in [0.15, 0.2) is 108 Å². The SMILES string of the molecule is Cn1cc(-c2c(-c3ccccc3)cc(-c3ccsc3)c3c4ccccc4n(C)c23)c2ccccc21. The van der Waals surface area contributed by atoms with Crippen molar-refractivity contribution in [2.45, 2.75) is 0 Å². The number of hydrogen-bond acceptors (Lipinski definition) is 1. The van der Waals surface area contributed by atoms with E-state index in [9.17, 15) is 0 Å². The highest BCUT2D eigenvalue weighted by molar-refractivity contribution is 7.08. The zero-order valence-corrected chi connectivity index (χ0v) is 20.5. The predicted octanol–water partition coefficient (Wildman–Crippen LogP) is 8.89. The van der Waals surface area contributed by atoms with Crippen molar-refractivity contribution in [3.63, 3.8) is 0 Å². The summed E-state index contributed by atoms with van der Waals surface area (Å²) in [4.78, 5) is 0. The van der Waals surface area contributed by atoms with E-state index in [2.05, 4.69) is 131 Å². The Balaban J connectivity index is 1.76. The van der Waals surface area contributed by atoms with Gasteiger partial charge >= 0.3 is 0 Å². The normalized spacial score (nSPS) is 11.7. The van der Waals surface area contributed by atoms with Gasteiger partial charge in [-0.3, -0.25) is 0 Å². The molecule has 0 atom stereocenters. The van der Waals surface area contributed by atoms with Gasteiger partial charge in [0.15, 0.2) is 0 Å². The molecule has 0 radical (unpaired) electrons. The molecule has 35 heavy (non-hydrogen) atoms. The van der Waals surface area contributed by atoms with Gasteiger partial charge in [0.1, 0.15) is 0 Å². The Kier molecular flexibility index (Phi) is 4.48. The van der Waals surface area contributed by atoms with E-state index in [1.54, 1.807) is 11.3 Å². The first-order valence-corrected chi connectivity index (χ1v) is 12.8. The number of nitrogens with zero attached hydrogens (tertiary/aromatic N) is 2. The molecule has 168 valence electrons. The Morgan fingerprint density at radius 1 is 0.629 bits per heavy atom. The van der Waals surface area contributed by atoms with Gasteiger partial charge in [-0.05, 0) is 57.3 Å². The summed E-state index contributed by atoms with van der Waals surface area (Å²) >= 11 is 1.75. The van der Waals surface area contributed by atoms with Gasteiger partial charge in [-0.1, -0.05) is 66.7 Å². The lowest BCUT2D eigenvalue weighted by Gasteiger charge is -2.16. The van der Waals surface area contributed by atoms with Crippen molar-refractivity contribution < 1.29 is 0 Å². The third-order valence-electron chi connectivity index (χ3n) is 7.25. The van der Waals surface area contributed by atoms with E-state index in [1.807, 2.05) is 0 Å². The Hall–Kier alpha value is -4.08. The van der Waals surface area contributed by atoms with Gasteiger partial charge in [0, 0.05) is 58.6 Å². The van der Waals surface area contributed by atoms with Gasteiger partial charge in [0.25, 0.3) is 0 Å². The molecule has 0 fully saturated rings. The van der Waals surface area contributed by atoms with E-state index in [1.165, 1.54) is 66.1 Å². The van der Waals surface area contributed by atoms with Gasteiger partial charge in [0.2, 0.25) is 0 Å². The van der Waals surface area contributed by atoms with Crippen LogP contribution < -0.4 is 0 Å². The van der Waals surface area contributed by atoms with Gasteiger partial charge < -0.3 is 9.13 Å². The molecule has 0 saturated heterocycles. The summed E-state index contributed by atoms with van der Waals surface area (Å²) in [6, 6.07) is 33.0. The number of hydrogen-bond donors (Lipinski definition) is 0. The second kappa shape index (κ2) is 7.72. The molecular formula is C32H24N2S. The van der Waals surface area contributed by atoms with E-state index in [0.717, 1.165) is 0 Å². The van der Waals surface area contributed by atoms with Crippen LogP contribution in [0.25, 0.3) is 66.1 Å². The Labute approximate surface area is 208 Å². The average molecular weight is 469 g/mol. The van der Waals surface area contributed by atoms with Crippen LogP contribution in [0.2, 0.25) is 0 Å². The molecule has 0 spiro atoms.